The molecule has 33 heavy (non-hydrogen) atoms. The van der Waals surface area contributed by atoms with Gasteiger partial charge in [-0.05, 0) is 56.2 Å². The molecule has 1 aliphatic rings. The molecule has 2 aromatic rings. The Labute approximate surface area is 194 Å². The van der Waals surface area contributed by atoms with E-state index in [1.54, 1.807) is 43.1 Å². The number of nitrogens with zero attached hydrogens (tertiary/aromatic N) is 2. The number of amides is 3. The summed E-state index contributed by atoms with van der Waals surface area (Å²) in [6.07, 6.45) is 1.36. The number of rotatable bonds is 8. The number of likely N-dealkylation sites (tertiary alicyclic amines) is 1. The number of nitrogens with one attached hydrogen (secondary N) is 1. The molecule has 176 valence electrons. The zero-order chi connectivity index (χ0) is 23.6. The van der Waals surface area contributed by atoms with E-state index in [0.717, 1.165) is 18.6 Å². The van der Waals surface area contributed by atoms with Crippen molar-refractivity contribution in [2.45, 2.75) is 26.2 Å². The number of piperidine rings is 1. The summed E-state index contributed by atoms with van der Waals surface area (Å²) in [5.41, 5.74) is 1.30. The first kappa shape index (κ1) is 24.1. The Bertz CT molecular complexity index is 933. The summed E-state index contributed by atoms with van der Waals surface area (Å²) in [4.78, 5) is 40.4. The zero-order valence-electron chi connectivity index (χ0n) is 19.2. The van der Waals surface area contributed by atoms with Crippen LogP contribution < -0.4 is 15.0 Å². The highest BCUT2D eigenvalue weighted by Crippen LogP contribution is 2.22. The maximum Gasteiger partial charge on any atom is 0.413 e. The van der Waals surface area contributed by atoms with E-state index in [4.69, 9.17) is 9.47 Å². The SMILES string of the molecule is CCOC(=O)N(C)c1ccc(NC(=O)C2CCCN(C(=O)CCOc3ccccc3)C2)cc1. The highest BCUT2D eigenvalue weighted by Gasteiger charge is 2.28. The molecule has 1 N–H and O–H groups in total. The number of para-hydroxylation sites is 1. The van der Waals surface area contributed by atoms with E-state index >= 15 is 0 Å². The third kappa shape index (κ3) is 6.97. The van der Waals surface area contributed by atoms with Crippen LogP contribution in [0.1, 0.15) is 26.2 Å². The lowest BCUT2D eigenvalue weighted by Gasteiger charge is -2.32. The number of carbonyl (C=O) groups excluding carboxylic acids is 3. The van der Waals surface area contributed by atoms with Crippen molar-refractivity contribution >= 4 is 29.3 Å². The second kappa shape index (κ2) is 11.9. The van der Waals surface area contributed by atoms with Crippen LogP contribution in [0, 0.1) is 5.92 Å². The lowest BCUT2D eigenvalue weighted by Crippen LogP contribution is -2.44. The Kier molecular flexibility index (Phi) is 8.69. The van der Waals surface area contributed by atoms with Crippen LogP contribution in [-0.4, -0.2) is 56.2 Å². The van der Waals surface area contributed by atoms with Crippen molar-refractivity contribution in [3.8, 4) is 5.75 Å². The summed E-state index contributed by atoms with van der Waals surface area (Å²) < 4.78 is 10.6. The highest BCUT2D eigenvalue weighted by atomic mass is 16.6. The van der Waals surface area contributed by atoms with Crippen molar-refractivity contribution in [2.75, 3.05) is 43.6 Å². The van der Waals surface area contributed by atoms with Crippen molar-refractivity contribution in [1.82, 2.24) is 4.90 Å². The Balaban J connectivity index is 1.47. The first-order valence-electron chi connectivity index (χ1n) is 11.2. The summed E-state index contributed by atoms with van der Waals surface area (Å²) in [7, 11) is 1.63. The van der Waals surface area contributed by atoms with E-state index in [9.17, 15) is 14.4 Å². The quantitative estimate of drug-likeness (QED) is 0.654. The number of hydrogen-bond donors (Lipinski definition) is 1. The lowest BCUT2D eigenvalue weighted by molar-refractivity contribution is -0.135. The number of anilines is 2. The molecule has 0 aliphatic carbocycles. The summed E-state index contributed by atoms with van der Waals surface area (Å²) in [5, 5.41) is 2.92. The summed E-state index contributed by atoms with van der Waals surface area (Å²) >= 11 is 0. The third-order valence-electron chi connectivity index (χ3n) is 5.54. The molecular formula is C25H31N3O5. The van der Waals surface area contributed by atoms with Crippen molar-refractivity contribution < 1.29 is 23.9 Å². The lowest BCUT2D eigenvalue weighted by atomic mass is 9.96. The molecule has 0 radical (unpaired) electrons. The van der Waals surface area contributed by atoms with Crippen molar-refractivity contribution in [3.05, 3.63) is 54.6 Å². The van der Waals surface area contributed by atoms with Crippen molar-refractivity contribution in [2.24, 2.45) is 5.92 Å². The summed E-state index contributed by atoms with van der Waals surface area (Å²) in [5.74, 6) is 0.356. The molecule has 2 aromatic carbocycles. The predicted molar refractivity (Wildman–Crippen MR) is 126 cm³/mol. The van der Waals surface area contributed by atoms with Crippen LogP contribution >= 0.6 is 0 Å². The van der Waals surface area contributed by atoms with Crippen LogP contribution in [0.5, 0.6) is 5.75 Å². The Morgan fingerprint density at radius 2 is 1.82 bits per heavy atom. The molecular weight excluding hydrogens is 422 g/mol. The summed E-state index contributed by atoms with van der Waals surface area (Å²) in [6, 6.07) is 16.4. The van der Waals surface area contributed by atoms with Crippen molar-refractivity contribution in [3.63, 3.8) is 0 Å². The van der Waals surface area contributed by atoms with Crippen LogP contribution in [0.4, 0.5) is 16.2 Å². The molecule has 0 aromatic heterocycles. The van der Waals surface area contributed by atoms with E-state index < -0.39 is 6.09 Å². The molecule has 1 fully saturated rings. The fourth-order valence-corrected chi connectivity index (χ4v) is 3.69. The number of ether oxygens (including phenoxy) is 2. The van der Waals surface area contributed by atoms with Gasteiger partial charge in [-0.15, -0.1) is 0 Å². The fraction of sp³-hybridized carbons (Fsp3) is 0.400. The van der Waals surface area contributed by atoms with E-state index in [2.05, 4.69) is 5.32 Å². The zero-order valence-corrected chi connectivity index (χ0v) is 19.2. The molecule has 0 bridgehead atoms. The molecule has 1 unspecified atom stereocenters. The standard InChI is InChI=1S/C25H31N3O5/c1-3-32-25(31)27(2)21-13-11-20(12-14-21)26-24(30)19-8-7-16-28(18-19)23(29)15-17-33-22-9-5-4-6-10-22/h4-6,9-14,19H,3,7-8,15-18H2,1-2H3,(H,26,30). The number of hydrogen-bond acceptors (Lipinski definition) is 5. The van der Waals surface area contributed by atoms with Gasteiger partial charge in [-0.2, -0.15) is 0 Å². The molecule has 8 nitrogen and oxygen atoms in total. The Morgan fingerprint density at radius 1 is 1.09 bits per heavy atom. The largest absolute Gasteiger partial charge is 0.493 e. The van der Waals surface area contributed by atoms with Gasteiger partial charge >= 0.3 is 6.09 Å². The van der Waals surface area contributed by atoms with Crippen LogP contribution in [0.25, 0.3) is 0 Å². The minimum atomic E-state index is -0.435. The molecule has 3 rings (SSSR count). The van der Waals surface area contributed by atoms with Gasteiger partial charge in [-0.25, -0.2) is 4.79 Å². The van der Waals surface area contributed by atoms with Crippen LogP contribution in [0.3, 0.4) is 0 Å². The van der Waals surface area contributed by atoms with E-state index in [-0.39, 0.29) is 24.2 Å². The van der Waals surface area contributed by atoms with Gasteiger partial charge in [-0.3, -0.25) is 14.5 Å². The topological polar surface area (TPSA) is 88.2 Å². The van der Waals surface area contributed by atoms with Gasteiger partial charge < -0.3 is 19.7 Å². The van der Waals surface area contributed by atoms with Crippen LogP contribution in [-0.2, 0) is 14.3 Å². The summed E-state index contributed by atoms with van der Waals surface area (Å²) in [6.45, 7) is 3.42. The molecule has 0 spiro atoms. The van der Waals surface area contributed by atoms with Crippen LogP contribution in [0.15, 0.2) is 54.6 Å². The Morgan fingerprint density at radius 3 is 2.52 bits per heavy atom. The average molecular weight is 454 g/mol. The van der Waals surface area contributed by atoms with E-state index in [1.165, 1.54) is 4.90 Å². The third-order valence-corrected chi connectivity index (χ3v) is 5.54. The van der Waals surface area contributed by atoms with Gasteiger partial charge in [0.05, 0.1) is 25.6 Å². The second-order valence-electron chi connectivity index (χ2n) is 7.88. The maximum absolute atomic E-state index is 12.8. The molecule has 1 heterocycles. The predicted octanol–water partition coefficient (Wildman–Crippen LogP) is 3.93. The van der Waals surface area contributed by atoms with Gasteiger partial charge in [0.1, 0.15) is 5.75 Å². The first-order valence-corrected chi connectivity index (χ1v) is 11.2. The van der Waals surface area contributed by atoms with Crippen LogP contribution in [0.2, 0.25) is 0 Å². The van der Waals surface area contributed by atoms with E-state index in [0.29, 0.717) is 37.7 Å². The monoisotopic (exact) mass is 453 g/mol. The van der Waals surface area contributed by atoms with E-state index in [1.807, 2.05) is 30.3 Å². The minimum Gasteiger partial charge on any atom is -0.493 e. The van der Waals surface area contributed by atoms with Gasteiger partial charge in [0, 0.05) is 31.5 Å². The molecule has 0 saturated carbocycles. The minimum absolute atomic E-state index is 0.00483. The number of benzene rings is 2. The van der Waals surface area contributed by atoms with Gasteiger partial charge in [0.25, 0.3) is 0 Å². The molecule has 1 aliphatic heterocycles. The smallest absolute Gasteiger partial charge is 0.413 e. The van der Waals surface area contributed by atoms with Gasteiger partial charge in [0.2, 0.25) is 11.8 Å². The fourth-order valence-electron chi connectivity index (χ4n) is 3.69. The van der Waals surface area contributed by atoms with Gasteiger partial charge in [-0.1, -0.05) is 18.2 Å². The molecule has 8 heteroatoms. The average Bonchev–Trinajstić information content (AvgIpc) is 2.85. The van der Waals surface area contributed by atoms with Gasteiger partial charge in [0.15, 0.2) is 0 Å². The second-order valence-corrected chi connectivity index (χ2v) is 7.88. The molecule has 3 amide bonds. The molecule has 1 saturated heterocycles. The molecule has 1 atom stereocenters. The maximum atomic E-state index is 12.8. The normalized spacial score (nSPS) is 15.5. The Hall–Kier alpha value is -3.55. The van der Waals surface area contributed by atoms with Crippen molar-refractivity contribution in [1.29, 1.82) is 0 Å². The number of carbonyl (C=O) groups is 3. The highest BCUT2D eigenvalue weighted by molar-refractivity contribution is 5.94. The first-order chi connectivity index (χ1) is 16.0.